The van der Waals surface area contributed by atoms with Crippen LogP contribution in [0.2, 0.25) is 0 Å². The molecule has 0 saturated carbocycles. The lowest BCUT2D eigenvalue weighted by molar-refractivity contribution is -0.137. The van der Waals surface area contributed by atoms with Crippen molar-refractivity contribution in [3.8, 4) is 0 Å². The van der Waals surface area contributed by atoms with Crippen LogP contribution in [0.25, 0.3) is 0 Å². The minimum atomic E-state index is -4.29. The third-order valence-electron chi connectivity index (χ3n) is 2.72. The van der Waals surface area contributed by atoms with Crippen molar-refractivity contribution in [1.82, 2.24) is 4.68 Å². The maximum absolute atomic E-state index is 12.4. The summed E-state index contributed by atoms with van der Waals surface area (Å²) in [6.07, 6.45) is -4.29. The second-order valence-electron chi connectivity index (χ2n) is 4.14. The lowest BCUT2D eigenvalue weighted by Gasteiger charge is -2.13. The molecule has 0 aliphatic heterocycles. The molecule has 5 heteroatoms. The standard InChI is InChI=1S/C13H13F3N2/c1-9-3-4-10(2)18(9)17-12-7-5-11(6-8-12)13(14,15)16/h3-8,17H,1-2H3. The predicted octanol–water partition coefficient (Wildman–Crippen LogP) is 4.00. The minimum Gasteiger partial charge on any atom is -0.294 e. The third-order valence-corrected chi connectivity index (χ3v) is 2.72. The fourth-order valence-electron chi connectivity index (χ4n) is 1.71. The first-order valence-corrected chi connectivity index (χ1v) is 5.47. The molecule has 0 amide bonds. The lowest BCUT2D eigenvalue weighted by atomic mass is 10.2. The molecule has 0 fully saturated rings. The molecule has 1 aromatic heterocycles. The molecule has 18 heavy (non-hydrogen) atoms. The van der Waals surface area contributed by atoms with Gasteiger partial charge in [0.1, 0.15) is 0 Å². The van der Waals surface area contributed by atoms with E-state index in [2.05, 4.69) is 5.43 Å². The Labute approximate surface area is 103 Å². The number of rotatable bonds is 2. The average molecular weight is 254 g/mol. The number of aromatic nitrogens is 1. The topological polar surface area (TPSA) is 17.0 Å². The fourth-order valence-corrected chi connectivity index (χ4v) is 1.71. The maximum atomic E-state index is 12.4. The van der Waals surface area contributed by atoms with E-state index in [1.54, 1.807) is 0 Å². The number of anilines is 1. The van der Waals surface area contributed by atoms with Gasteiger partial charge in [-0.05, 0) is 50.2 Å². The molecular formula is C13H13F3N2. The molecule has 1 aromatic carbocycles. The van der Waals surface area contributed by atoms with E-state index < -0.39 is 11.7 Å². The van der Waals surface area contributed by atoms with Crippen molar-refractivity contribution in [2.45, 2.75) is 20.0 Å². The van der Waals surface area contributed by atoms with Crippen LogP contribution >= 0.6 is 0 Å². The third kappa shape index (κ3) is 2.50. The monoisotopic (exact) mass is 254 g/mol. The van der Waals surface area contributed by atoms with Gasteiger partial charge in [0, 0.05) is 11.4 Å². The number of nitrogens with one attached hydrogen (secondary N) is 1. The van der Waals surface area contributed by atoms with E-state index in [1.807, 2.05) is 30.7 Å². The first-order chi connectivity index (χ1) is 8.38. The first kappa shape index (κ1) is 12.5. The molecule has 0 spiro atoms. The minimum absolute atomic E-state index is 0.616. The smallest absolute Gasteiger partial charge is 0.294 e. The normalized spacial score (nSPS) is 11.6. The van der Waals surface area contributed by atoms with E-state index in [0.29, 0.717) is 5.69 Å². The van der Waals surface area contributed by atoms with Gasteiger partial charge in [-0.15, -0.1) is 0 Å². The Morgan fingerprint density at radius 3 is 1.83 bits per heavy atom. The molecule has 1 heterocycles. The van der Waals surface area contributed by atoms with Gasteiger partial charge >= 0.3 is 6.18 Å². The van der Waals surface area contributed by atoms with E-state index in [1.165, 1.54) is 12.1 Å². The highest BCUT2D eigenvalue weighted by Gasteiger charge is 2.29. The summed E-state index contributed by atoms with van der Waals surface area (Å²) < 4.78 is 39.0. The largest absolute Gasteiger partial charge is 0.416 e. The molecule has 2 aromatic rings. The van der Waals surface area contributed by atoms with E-state index in [-0.39, 0.29) is 0 Å². The van der Waals surface area contributed by atoms with Gasteiger partial charge < -0.3 is 0 Å². The molecule has 0 radical (unpaired) electrons. The summed E-state index contributed by atoms with van der Waals surface area (Å²) in [6.45, 7) is 3.84. The molecule has 0 bridgehead atoms. The highest BCUT2D eigenvalue weighted by molar-refractivity contribution is 5.45. The van der Waals surface area contributed by atoms with Gasteiger partial charge in [-0.1, -0.05) is 0 Å². The summed E-state index contributed by atoms with van der Waals surface area (Å²) in [7, 11) is 0. The summed E-state index contributed by atoms with van der Waals surface area (Å²) >= 11 is 0. The van der Waals surface area contributed by atoms with Crippen molar-refractivity contribution >= 4 is 5.69 Å². The Morgan fingerprint density at radius 1 is 0.889 bits per heavy atom. The van der Waals surface area contributed by atoms with Gasteiger partial charge in [0.25, 0.3) is 0 Å². The number of hydrogen-bond acceptors (Lipinski definition) is 1. The molecule has 96 valence electrons. The zero-order valence-corrected chi connectivity index (χ0v) is 10.0. The molecule has 2 nitrogen and oxygen atoms in total. The van der Waals surface area contributed by atoms with Crippen molar-refractivity contribution in [3.05, 3.63) is 53.3 Å². The first-order valence-electron chi connectivity index (χ1n) is 5.47. The summed E-state index contributed by atoms with van der Waals surface area (Å²) in [5.41, 5.74) is 5.01. The lowest BCUT2D eigenvalue weighted by Crippen LogP contribution is -2.12. The van der Waals surface area contributed by atoms with Gasteiger partial charge in [0.2, 0.25) is 0 Å². The Hall–Kier alpha value is -1.91. The SMILES string of the molecule is Cc1ccc(C)n1Nc1ccc(C(F)(F)F)cc1. The quantitative estimate of drug-likeness (QED) is 0.857. The number of benzene rings is 1. The van der Waals surface area contributed by atoms with Crippen LogP contribution in [0.4, 0.5) is 18.9 Å². The second kappa shape index (κ2) is 4.40. The van der Waals surface area contributed by atoms with Gasteiger partial charge in [0.15, 0.2) is 0 Å². The fraction of sp³-hybridized carbons (Fsp3) is 0.231. The molecule has 0 atom stereocenters. The van der Waals surface area contributed by atoms with Gasteiger partial charge in [0.05, 0.1) is 11.3 Å². The molecule has 1 N–H and O–H groups in total. The Kier molecular flexibility index (Phi) is 3.07. The van der Waals surface area contributed by atoms with Crippen LogP contribution in [0.15, 0.2) is 36.4 Å². The summed E-state index contributed by atoms with van der Waals surface area (Å²) in [4.78, 5) is 0. The number of alkyl halides is 3. The summed E-state index contributed by atoms with van der Waals surface area (Å²) in [5, 5.41) is 0. The Bertz CT molecular complexity index is 519. The highest BCUT2D eigenvalue weighted by atomic mass is 19.4. The van der Waals surface area contributed by atoms with Gasteiger partial charge in [-0.2, -0.15) is 13.2 Å². The van der Waals surface area contributed by atoms with Crippen molar-refractivity contribution in [2.24, 2.45) is 0 Å². The van der Waals surface area contributed by atoms with E-state index in [0.717, 1.165) is 23.5 Å². The van der Waals surface area contributed by atoms with Crippen LogP contribution < -0.4 is 5.43 Å². The maximum Gasteiger partial charge on any atom is 0.416 e. The van der Waals surface area contributed by atoms with Crippen molar-refractivity contribution in [2.75, 3.05) is 5.43 Å². The van der Waals surface area contributed by atoms with Crippen LogP contribution in [-0.2, 0) is 6.18 Å². The number of nitrogens with zero attached hydrogens (tertiary/aromatic N) is 1. The van der Waals surface area contributed by atoms with E-state index in [9.17, 15) is 13.2 Å². The molecule has 0 unspecified atom stereocenters. The van der Waals surface area contributed by atoms with E-state index >= 15 is 0 Å². The highest BCUT2D eigenvalue weighted by Crippen LogP contribution is 2.29. The number of halogens is 3. The molecule has 0 saturated heterocycles. The zero-order valence-electron chi connectivity index (χ0n) is 10.0. The molecule has 0 aliphatic carbocycles. The van der Waals surface area contributed by atoms with Crippen LogP contribution in [0, 0.1) is 13.8 Å². The summed E-state index contributed by atoms with van der Waals surface area (Å²) in [6, 6.07) is 8.84. The molecular weight excluding hydrogens is 241 g/mol. The molecule has 0 aliphatic rings. The number of hydrogen-bond donors (Lipinski definition) is 1. The van der Waals surface area contributed by atoms with Crippen molar-refractivity contribution < 1.29 is 13.2 Å². The van der Waals surface area contributed by atoms with Crippen LogP contribution in [0.1, 0.15) is 17.0 Å². The van der Waals surface area contributed by atoms with E-state index in [4.69, 9.17) is 0 Å². The second-order valence-corrected chi connectivity index (χ2v) is 4.14. The zero-order chi connectivity index (χ0) is 13.3. The van der Waals surface area contributed by atoms with Crippen LogP contribution in [0.5, 0.6) is 0 Å². The Morgan fingerprint density at radius 2 is 1.39 bits per heavy atom. The molecule has 2 rings (SSSR count). The number of aryl methyl sites for hydroxylation is 2. The van der Waals surface area contributed by atoms with Crippen molar-refractivity contribution in [3.63, 3.8) is 0 Å². The summed E-state index contributed by atoms with van der Waals surface area (Å²) in [5.74, 6) is 0. The van der Waals surface area contributed by atoms with Gasteiger partial charge in [-0.25, -0.2) is 0 Å². The Balaban J connectivity index is 2.21. The van der Waals surface area contributed by atoms with Crippen molar-refractivity contribution in [1.29, 1.82) is 0 Å². The predicted molar refractivity (Wildman–Crippen MR) is 64.4 cm³/mol. The van der Waals surface area contributed by atoms with Crippen LogP contribution in [0.3, 0.4) is 0 Å². The van der Waals surface area contributed by atoms with Crippen LogP contribution in [-0.4, -0.2) is 4.68 Å². The van der Waals surface area contributed by atoms with Gasteiger partial charge in [-0.3, -0.25) is 10.1 Å². The average Bonchev–Trinajstić information content (AvgIpc) is 2.60.